The van der Waals surface area contributed by atoms with Gasteiger partial charge in [-0.1, -0.05) is 30.8 Å². The summed E-state index contributed by atoms with van der Waals surface area (Å²) in [5.41, 5.74) is 2.53. The Hall–Kier alpha value is -3.25. The molecule has 0 radical (unpaired) electrons. The predicted octanol–water partition coefficient (Wildman–Crippen LogP) is 4.42. The number of benzene rings is 1. The van der Waals surface area contributed by atoms with Gasteiger partial charge < -0.3 is 14.2 Å². The number of pyridine rings is 1. The Morgan fingerprint density at radius 2 is 1.73 bits per heavy atom. The number of nitrogens with zero attached hydrogens (tertiary/aromatic N) is 3. The molecule has 0 atom stereocenters. The molecular formula is C20H19N3O3. The van der Waals surface area contributed by atoms with Gasteiger partial charge >= 0.3 is 0 Å². The molecule has 0 amide bonds. The molecule has 0 fully saturated rings. The molecule has 6 heteroatoms. The first-order valence-corrected chi connectivity index (χ1v) is 8.03. The Balaban J connectivity index is 1.80. The smallest absolute Gasteiger partial charge is 0.228 e. The third kappa shape index (κ3) is 4.43. The molecule has 0 N–H and O–H groups in total. The second-order valence-electron chi connectivity index (χ2n) is 5.55. The van der Waals surface area contributed by atoms with Crippen molar-refractivity contribution in [2.24, 2.45) is 0 Å². The van der Waals surface area contributed by atoms with Crippen molar-refractivity contribution in [2.75, 3.05) is 13.7 Å². The number of hydrogen-bond acceptors (Lipinski definition) is 6. The highest BCUT2D eigenvalue weighted by molar-refractivity contribution is 5.69. The van der Waals surface area contributed by atoms with E-state index in [9.17, 15) is 0 Å². The minimum atomic E-state index is 0.348. The lowest BCUT2D eigenvalue weighted by atomic mass is 10.1. The van der Waals surface area contributed by atoms with Crippen LogP contribution in [0.15, 0.2) is 61.4 Å². The van der Waals surface area contributed by atoms with Gasteiger partial charge in [-0.3, -0.25) is 0 Å². The number of methoxy groups -OCH3 is 1. The molecule has 6 nitrogen and oxygen atoms in total. The Bertz CT molecular complexity index is 912. The maximum atomic E-state index is 5.91. The van der Waals surface area contributed by atoms with Crippen LogP contribution in [0.25, 0.3) is 5.57 Å². The van der Waals surface area contributed by atoms with Gasteiger partial charge in [-0.2, -0.15) is 0 Å². The summed E-state index contributed by atoms with van der Waals surface area (Å²) in [6.07, 6.45) is 1.38. The first-order valence-electron chi connectivity index (χ1n) is 8.03. The minimum Gasteiger partial charge on any atom is -0.438 e. The van der Waals surface area contributed by atoms with Crippen LogP contribution in [0.2, 0.25) is 0 Å². The molecule has 0 aliphatic carbocycles. The van der Waals surface area contributed by atoms with Crippen molar-refractivity contribution in [3.63, 3.8) is 0 Å². The number of hydrogen-bond donors (Lipinski definition) is 0. The van der Waals surface area contributed by atoms with Crippen LogP contribution in [-0.4, -0.2) is 28.7 Å². The standard InChI is InChI=1S/C20H19N3O3/c1-14(12-24-3)16-8-4-5-9-17(16)25-19-11-20(22-13-21-19)26-18-10-6-7-15(2)23-18/h4-11,13H,1,12H2,2-3H3. The topological polar surface area (TPSA) is 66.4 Å². The number of aryl methyl sites for hydroxylation is 1. The summed E-state index contributed by atoms with van der Waals surface area (Å²) in [5, 5.41) is 0. The van der Waals surface area contributed by atoms with Gasteiger partial charge in [0.15, 0.2) is 0 Å². The molecule has 0 saturated carbocycles. The van der Waals surface area contributed by atoms with E-state index in [1.165, 1.54) is 6.33 Å². The highest BCUT2D eigenvalue weighted by Gasteiger charge is 2.10. The molecular weight excluding hydrogens is 330 g/mol. The molecule has 2 aromatic heterocycles. The fourth-order valence-corrected chi connectivity index (χ4v) is 2.33. The average Bonchev–Trinajstić information content (AvgIpc) is 2.63. The molecule has 0 spiro atoms. The molecule has 3 aromatic rings. The summed E-state index contributed by atoms with van der Waals surface area (Å²) in [5.74, 6) is 1.80. The zero-order valence-electron chi connectivity index (χ0n) is 14.7. The van der Waals surface area contributed by atoms with Gasteiger partial charge in [0.05, 0.1) is 12.7 Å². The molecule has 0 saturated heterocycles. The number of aromatic nitrogens is 3. The summed E-state index contributed by atoms with van der Waals surface area (Å²) < 4.78 is 16.7. The Labute approximate surface area is 152 Å². The van der Waals surface area contributed by atoms with E-state index in [2.05, 4.69) is 21.5 Å². The molecule has 3 rings (SSSR count). The van der Waals surface area contributed by atoms with E-state index in [1.807, 2.05) is 43.3 Å². The van der Waals surface area contributed by atoms with Crippen molar-refractivity contribution in [2.45, 2.75) is 6.92 Å². The highest BCUT2D eigenvalue weighted by atomic mass is 16.5. The van der Waals surface area contributed by atoms with Gasteiger partial charge in [-0.25, -0.2) is 15.0 Å². The summed E-state index contributed by atoms with van der Waals surface area (Å²) in [6, 6.07) is 14.7. The van der Waals surface area contributed by atoms with Crippen LogP contribution < -0.4 is 9.47 Å². The van der Waals surface area contributed by atoms with Gasteiger partial charge in [0.25, 0.3) is 0 Å². The van der Waals surface area contributed by atoms with Crippen molar-refractivity contribution in [1.29, 1.82) is 0 Å². The largest absolute Gasteiger partial charge is 0.438 e. The monoisotopic (exact) mass is 349 g/mol. The number of ether oxygens (including phenoxy) is 3. The Morgan fingerprint density at radius 1 is 0.962 bits per heavy atom. The summed E-state index contributed by atoms with van der Waals surface area (Å²) in [7, 11) is 1.63. The third-order valence-electron chi connectivity index (χ3n) is 3.49. The van der Waals surface area contributed by atoms with Gasteiger partial charge in [0.1, 0.15) is 12.1 Å². The van der Waals surface area contributed by atoms with Crippen LogP contribution in [0.3, 0.4) is 0 Å². The summed E-state index contributed by atoms with van der Waals surface area (Å²) >= 11 is 0. The molecule has 1 aromatic carbocycles. The van der Waals surface area contributed by atoms with Crippen molar-refractivity contribution in [1.82, 2.24) is 15.0 Å². The van der Waals surface area contributed by atoms with Crippen molar-refractivity contribution < 1.29 is 14.2 Å². The predicted molar refractivity (Wildman–Crippen MR) is 98.5 cm³/mol. The maximum Gasteiger partial charge on any atom is 0.228 e. The first kappa shape index (κ1) is 17.6. The molecule has 132 valence electrons. The van der Waals surface area contributed by atoms with Gasteiger partial charge in [-0.05, 0) is 24.6 Å². The fourth-order valence-electron chi connectivity index (χ4n) is 2.33. The van der Waals surface area contributed by atoms with Crippen molar-refractivity contribution in [3.8, 4) is 23.4 Å². The average molecular weight is 349 g/mol. The maximum absolute atomic E-state index is 5.91. The van der Waals surface area contributed by atoms with Crippen LogP contribution in [0, 0.1) is 6.92 Å². The summed E-state index contributed by atoms with van der Waals surface area (Å²) in [4.78, 5) is 12.5. The van der Waals surface area contributed by atoms with E-state index in [-0.39, 0.29) is 0 Å². The van der Waals surface area contributed by atoms with Crippen LogP contribution in [0.5, 0.6) is 23.4 Å². The number of para-hydroxylation sites is 1. The SMILES string of the molecule is C=C(COC)c1ccccc1Oc1cc(Oc2cccc(C)n2)ncn1. The van der Waals surface area contributed by atoms with Crippen molar-refractivity contribution in [3.05, 3.63) is 72.7 Å². The van der Waals surface area contributed by atoms with E-state index < -0.39 is 0 Å². The molecule has 2 heterocycles. The van der Waals surface area contributed by atoms with Gasteiger partial charge in [0, 0.05) is 24.4 Å². The Morgan fingerprint density at radius 3 is 2.50 bits per heavy atom. The molecule has 26 heavy (non-hydrogen) atoms. The lowest BCUT2D eigenvalue weighted by molar-refractivity contribution is 0.239. The molecule has 0 unspecified atom stereocenters. The molecule has 0 bridgehead atoms. The van der Waals surface area contributed by atoms with Crippen LogP contribution >= 0.6 is 0 Å². The summed E-state index contributed by atoms with van der Waals surface area (Å²) in [6.45, 7) is 6.34. The van der Waals surface area contributed by atoms with Crippen LogP contribution in [0.4, 0.5) is 0 Å². The van der Waals surface area contributed by atoms with Gasteiger partial charge in [0.2, 0.25) is 17.6 Å². The van der Waals surface area contributed by atoms with Gasteiger partial charge in [-0.15, -0.1) is 0 Å². The van der Waals surface area contributed by atoms with Crippen LogP contribution in [-0.2, 0) is 4.74 Å². The lowest BCUT2D eigenvalue weighted by Gasteiger charge is -2.12. The van der Waals surface area contributed by atoms with Crippen molar-refractivity contribution >= 4 is 5.57 Å². The molecule has 0 aliphatic heterocycles. The third-order valence-corrected chi connectivity index (χ3v) is 3.49. The zero-order valence-corrected chi connectivity index (χ0v) is 14.7. The van der Waals surface area contributed by atoms with E-state index >= 15 is 0 Å². The van der Waals surface area contributed by atoms with E-state index in [1.54, 1.807) is 19.2 Å². The minimum absolute atomic E-state index is 0.348. The van der Waals surface area contributed by atoms with Crippen LogP contribution in [0.1, 0.15) is 11.3 Å². The fraction of sp³-hybridized carbons (Fsp3) is 0.150. The Kier molecular flexibility index (Phi) is 5.56. The second kappa shape index (κ2) is 8.22. The molecule has 0 aliphatic rings. The highest BCUT2D eigenvalue weighted by Crippen LogP contribution is 2.30. The normalized spacial score (nSPS) is 10.4. The zero-order chi connectivity index (χ0) is 18.4. The van der Waals surface area contributed by atoms with E-state index in [0.29, 0.717) is 30.0 Å². The second-order valence-corrected chi connectivity index (χ2v) is 5.55. The van der Waals surface area contributed by atoms with E-state index in [0.717, 1.165) is 16.8 Å². The lowest BCUT2D eigenvalue weighted by Crippen LogP contribution is -1.98. The quantitative estimate of drug-likeness (QED) is 0.629. The van der Waals surface area contributed by atoms with E-state index in [4.69, 9.17) is 14.2 Å². The first-order chi connectivity index (χ1) is 12.7. The number of rotatable bonds is 7.